The highest BCUT2D eigenvalue weighted by atomic mass is 32.2. The van der Waals surface area contributed by atoms with Crippen molar-refractivity contribution in [2.75, 3.05) is 24.8 Å². The van der Waals surface area contributed by atoms with Crippen molar-refractivity contribution >= 4 is 47.3 Å². The number of guanidine groups is 1. The van der Waals surface area contributed by atoms with Crippen LogP contribution in [0.1, 0.15) is 56.1 Å². The number of likely N-dealkylation sites (tertiary alicyclic amines) is 1. The largest absolute Gasteiger partial charge is 0.480 e. The highest BCUT2D eigenvalue weighted by molar-refractivity contribution is 7.99. The van der Waals surface area contributed by atoms with Crippen molar-refractivity contribution in [2.45, 2.75) is 94.2 Å². The van der Waals surface area contributed by atoms with Crippen LogP contribution in [0.2, 0.25) is 0 Å². The third-order valence-corrected chi connectivity index (χ3v) is 10.8. The summed E-state index contributed by atoms with van der Waals surface area (Å²) in [5.41, 5.74) is 12.5. The van der Waals surface area contributed by atoms with Crippen LogP contribution in [0.15, 0.2) is 29.3 Å². The van der Waals surface area contributed by atoms with E-state index in [1.165, 1.54) is 4.90 Å². The summed E-state index contributed by atoms with van der Waals surface area (Å²) in [7, 11) is 0. The standard InChI is InChI=1S/C32H46N8O7S/c33-32(34)35-11-5-9-21(31(46)47)37-28(43)25-13-19-7-3-4-10-24(19)40(25)30(45)26-12-18-6-1-2-8-20(18)14-39(26)29(44)22(15-41)38-27(42)23-16-48-17-36-23/h1-2,6,8,19,21-26,36,41H,3-5,7,9-17H2,(H,37,43)(H,38,42)(H,46,47)(H4,33,34,35)/t19-,21-,22-,23-,24-,25-,26+/m0/s1. The fourth-order valence-electron chi connectivity index (χ4n) is 7.41. The number of carbonyl (C=O) groups is 5. The summed E-state index contributed by atoms with van der Waals surface area (Å²) in [5.74, 6) is -2.05. The van der Waals surface area contributed by atoms with Crippen LogP contribution in [0.25, 0.3) is 0 Å². The molecule has 3 heterocycles. The van der Waals surface area contributed by atoms with E-state index in [4.69, 9.17) is 11.5 Å². The monoisotopic (exact) mass is 686 g/mol. The normalized spacial score (nSPS) is 26.1. The van der Waals surface area contributed by atoms with Crippen molar-refractivity contribution in [2.24, 2.45) is 22.4 Å². The van der Waals surface area contributed by atoms with Crippen LogP contribution < -0.4 is 27.4 Å². The van der Waals surface area contributed by atoms with E-state index in [-0.39, 0.29) is 43.9 Å². The molecule has 2 saturated heterocycles. The SMILES string of the molecule is NC(N)=NCCC[C@H](NC(=O)[C@@H]1C[C@@H]2CCCC[C@@H]2N1C(=O)[C@H]1Cc2ccccc2CN1C(=O)[C@H](CO)NC(=O)[C@@H]1CSCN1)C(=O)O. The number of aliphatic imine (C=N–C) groups is 1. The van der Waals surface area contributed by atoms with E-state index in [0.717, 1.165) is 30.4 Å². The fourth-order valence-corrected chi connectivity index (χ4v) is 8.35. The van der Waals surface area contributed by atoms with Gasteiger partial charge in [0.25, 0.3) is 0 Å². The first kappa shape index (κ1) is 35.4. The van der Waals surface area contributed by atoms with Crippen LogP contribution >= 0.6 is 11.8 Å². The molecule has 262 valence electrons. The van der Waals surface area contributed by atoms with Gasteiger partial charge in [-0.3, -0.25) is 29.5 Å². The summed E-state index contributed by atoms with van der Waals surface area (Å²) in [6.45, 7) is -0.355. The summed E-state index contributed by atoms with van der Waals surface area (Å²) in [5, 5.41) is 28.5. The summed E-state index contributed by atoms with van der Waals surface area (Å²) >= 11 is 1.56. The summed E-state index contributed by atoms with van der Waals surface area (Å²) < 4.78 is 0. The number of nitrogens with one attached hydrogen (secondary N) is 3. The molecule has 15 nitrogen and oxygen atoms in total. The van der Waals surface area contributed by atoms with Crippen LogP contribution in [-0.2, 0) is 36.9 Å². The Morgan fingerprint density at radius 3 is 2.44 bits per heavy atom. The molecular formula is C32H46N8O7S. The molecule has 9 N–H and O–H groups in total. The topological polar surface area (TPSA) is 233 Å². The summed E-state index contributed by atoms with van der Waals surface area (Å²) in [6.07, 6.45) is 4.38. The van der Waals surface area contributed by atoms with E-state index in [1.54, 1.807) is 16.7 Å². The van der Waals surface area contributed by atoms with Crippen LogP contribution in [0.3, 0.4) is 0 Å². The van der Waals surface area contributed by atoms with E-state index >= 15 is 0 Å². The number of nitrogens with two attached hydrogens (primary N) is 2. The number of aliphatic hydroxyl groups excluding tert-OH is 1. The molecule has 1 aromatic carbocycles. The zero-order chi connectivity index (χ0) is 34.4. The lowest BCUT2D eigenvalue weighted by Gasteiger charge is -2.42. The first-order valence-electron chi connectivity index (χ1n) is 16.6. The third-order valence-electron chi connectivity index (χ3n) is 9.85. The predicted molar refractivity (Wildman–Crippen MR) is 178 cm³/mol. The van der Waals surface area contributed by atoms with Gasteiger partial charge < -0.3 is 42.1 Å². The predicted octanol–water partition coefficient (Wildman–Crippen LogP) is -1.14. The highest BCUT2D eigenvalue weighted by Gasteiger charge is 2.51. The Bertz CT molecular complexity index is 1400. The fraction of sp³-hybridized carbons (Fsp3) is 0.625. The molecule has 0 bridgehead atoms. The Morgan fingerprint density at radius 1 is 1.02 bits per heavy atom. The maximum atomic E-state index is 14.8. The molecule has 1 aliphatic carbocycles. The molecule has 1 aromatic rings. The lowest BCUT2D eigenvalue weighted by atomic mass is 9.84. The number of fused-ring (bicyclic) bond motifs is 2. The maximum Gasteiger partial charge on any atom is 0.326 e. The van der Waals surface area contributed by atoms with Gasteiger partial charge in [-0.15, -0.1) is 11.8 Å². The van der Waals surface area contributed by atoms with Crippen molar-refractivity contribution in [3.8, 4) is 0 Å². The summed E-state index contributed by atoms with van der Waals surface area (Å²) in [6, 6.07) is 2.39. The molecule has 4 amide bonds. The molecular weight excluding hydrogens is 640 g/mol. The number of aliphatic carboxylic acids is 1. The van der Waals surface area contributed by atoms with Gasteiger partial charge in [0.2, 0.25) is 23.6 Å². The van der Waals surface area contributed by atoms with Gasteiger partial charge in [-0.1, -0.05) is 37.1 Å². The zero-order valence-electron chi connectivity index (χ0n) is 26.9. The van der Waals surface area contributed by atoms with E-state index in [2.05, 4.69) is 20.9 Å². The van der Waals surface area contributed by atoms with Gasteiger partial charge in [0.1, 0.15) is 24.2 Å². The van der Waals surface area contributed by atoms with Crippen LogP contribution in [-0.4, -0.2) is 117 Å². The zero-order valence-corrected chi connectivity index (χ0v) is 27.7. The average molecular weight is 687 g/mol. The van der Waals surface area contributed by atoms with Gasteiger partial charge in [-0.2, -0.15) is 0 Å². The van der Waals surface area contributed by atoms with Crippen molar-refractivity contribution in [3.63, 3.8) is 0 Å². The third kappa shape index (κ3) is 8.04. The number of aliphatic hydroxyl groups is 1. The van der Waals surface area contributed by atoms with Crippen LogP contribution in [0.5, 0.6) is 0 Å². The lowest BCUT2D eigenvalue weighted by molar-refractivity contribution is -0.153. The molecule has 0 aromatic heterocycles. The summed E-state index contributed by atoms with van der Waals surface area (Å²) in [4.78, 5) is 74.6. The number of carboxylic acids is 1. The number of nitrogens with zero attached hydrogens (tertiary/aromatic N) is 3. The second kappa shape index (κ2) is 16.0. The Kier molecular flexibility index (Phi) is 11.8. The molecule has 1 saturated carbocycles. The van der Waals surface area contributed by atoms with Gasteiger partial charge in [-0.25, -0.2) is 4.79 Å². The molecule has 48 heavy (non-hydrogen) atoms. The van der Waals surface area contributed by atoms with E-state index < -0.39 is 66.4 Å². The minimum Gasteiger partial charge on any atom is -0.480 e. The molecule has 16 heteroatoms. The number of amides is 4. The van der Waals surface area contributed by atoms with Gasteiger partial charge in [0.15, 0.2) is 5.96 Å². The van der Waals surface area contributed by atoms with Gasteiger partial charge in [0, 0.05) is 37.2 Å². The van der Waals surface area contributed by atoms with E-state index in [9.17, 15) is 34.2 Å². The van der Waals surface area contributed by atoms with Crippen LogP contribution in [0, 0.1) is 5.92 Å². The Hall–Kier alpha value is -3.89. The minimum atomic E-state index is -1.26. The first-order chi connectivity index (χ1) is 23.1. The second-order valence-corrected chi connectivity index (χ2v) is 14.0. The average Bonchev–Trinajstić information content (AvgIpc) is 3.76. The maximum absolute atomic E-state index is 14.8. The number of carbonyl (C=O) groups excluding carboxylic acids is 4. The van der Waals surface area contributed by atoms with Gasteiger partial charge in [-0.05, 0) is 49.1 Å². The Morgan fingerprint density at radius 2 is 1.75 bits per heavy atom. The molecule has 0 unspecified atom stereocenters. The molecule has 3 aliphatic heterocycles. The smallest absolute Gasteiger partial charge is 0.326 e. The highest BCUT2D eigenvalue weighted by Crippen LogP contribution is 2.41. The van der Waals surface area contributed by atoms with Gasteiger partial charge in [0.05, 0.1) is 12.6 Å². The minimum absolute atomic E-state index is 0.0601. The van der Waals surface area contributed by atoms with E-state index in [1.807, 2.05) is 24.3 Å². The van der Waals surface area contributed by atoms with Crippen molar-refractivity contribution in [1.82, 2.24) is 25.8 Å². The number of thioether (sulfide) groups is 1. The number of carboxylic acid groups (broad SMARTS) is 1. The van der Waals surface area contributed by atoms with Gasteiger partial charge >= 0.3 is 5.97 Å². The van der Waals surface area contributed by atoms with Crippen LogP contribution in [0.4, 0.5) is 0 Å². The van der Waals surface area contributed by atoms with E-state index in [0.29, 0.717) is 30.9 Å². The molecule has 4 aliphatic rings. The molecule has 5 rings (SSSR count). The van der Waals surface area contributed by atoms with Crippen molar-refractivity contribution < 1.29 is 34.2 Å². The number of benzene rings is 1. The molecule has 0 spiro atoms. The number of hydrogen-bond donors (Lipinski definition) is 7. The molecule has 7 atom stereocenters. The second-order valence-electron chi connectivity index (χ2n) is 12.9. The quantitative estimate of drug-likeness (QED) is 0.0789. The van der Waals surface area contributed by atoms with Crippen molar-refractivity contribution in [3.05, 3.63) is 35.4 Å². The number of rotatable bonds is 12. The number of hydrogen-bond acceptors (Lipinski definition) is 9. The Balaban J connectivity index is 1.40. The van der Waals surface area contributed by atoms with Crippen molar-refractivity contribution in [1.29, 1.82) is 0 Å². The lowest BCUT2D eigenvalue weighted by Crippen LogP contribution is -2.62. The molecule has 0 radical (unpaired) electrons. The molecule has 3 fully saturated rings. The Labute approximate surface area is 283 Å². The first-order valence-corrected chi connectivity index (χ1v) is 17.7.